The Labute approximate surface area is 129 Å². The van der Waals surface area contributed by atoms with Crippen LogP contribution in [0.25, 0.3) is 0 Å². The van der Waals surface area contributed by atoms with Crippen molar-refractivity contribution in [3.63, 3.8) is 0 Å². The molecule has 0 radical (unpaired) electrons. The zero-order valence-corrected chi connectivity index (χ0v) is 12.7. The molecule has 0 aliphatic carbocycles. The third-order valence-corrected chi connectivity index (χ3v) is 6.79. The van der Waals surface area contributed by atoms with Crippen molar-refractivity contribution in [2.75, 3.05) is 0 Å². The van der Waals surface area contributed by atoms with Gasteiger partial charge >= 0.3 is 0 Å². The Balaban J connectivity index is 1.87. The molecule has 1 aromatic carbocycles. The number of carbonyl (C=O) groups is 1. The Bertz CT molecular complexity index is 682. The van der Waals surface area contributed by atoms with Crippen LogP contribution >= 0.6 is 0 Å². The van der Waals surface area contributed by atoms with Gasteiger partial charge in [0.05, 0.1) is 11.1 Å². The second kappa shape index (κ2) is 5.88. The number of nitriles is 1. The Kier molecular flexibility index (Phi) is 4.09. The molecule has 6 heteroatoms. The first-order valence-electron chi connectivity index (χ1n) is 7.34. The van der Waals surface area contributed by atoms with E-state index in [1.54, 1.807) is 6.07 Å². The number of ketones is 1. The molecule has 116 valence electrons. The number of rotatable bonds is 2. The molecule has 22 heavy (non-hydrogen) atoms. The fourth-order valence-electron chi connectivity index (χ4n) is 3.49. The van der Waals surface area contributed by atoms with Gasteiger partial charge in [0.25, 0.3) is 0 Å². The third-order valence-electron chi connectivity index (χ3n) is 4.62. The molecule has 2 aliphatic rings. The molecule has 2 saturated heterocycles. The highest BCUT2D eigenvalue weighted by Gasteiger charge is 2.41. The lowest BCUT2D eigenvalue weighted by Crippen LogP contribution is -2.41. The number of fused-ring (bicyclic) bond motifs is 2. The van der Waals surface area contributed by atoms with E-state index in [4.69, 9.17) is 5.26 Å². The van der Waals surface area contributed by atoms with Crippen LogP contribution in [0.2, 0.25) is 0 Å². The van der Waals surface area contributed by atoms with E-state index in [0.717, 1.165) is 31.4 Å². The molecule has 0 aromatic heterocycles. The lowest BCUT2D eigenvalue weighted by Gasteiger charge is -2.37. The van der Waals surface area contributed by atoms with Gasteiger partial charge in [-0.1, -0.05) is 6.42 Å². The Hall–Kier alpha value is -1.61. The predicted molar refractivity (Wildman–Crippen MR) is 77.7 cm³/mol. The van der Waals surface area contributed by atoms with Crippen LogP contribution in [0.4, 0.5) is 8.78 Å². The van der Waals surface area contributed by atoms with Gasteiger partial charge in [-0.3, -0.25) is 9.00 Å². The third kappa shape index (κ3) is 2.58. The first-order chi connectivity index (χ1) is 10.5. The van der Waals surface area contributed by atoms with Crippen molar-refractivity contribution in [1.29, 1.82) is 5.26 Å². The van der Waals surface area contributed by atoms with Gasteiger partial charge in [-0.15, -0.1) is 0 Å². The molecule has 2 unspecified atom stereocenters. The van der Waals surface area contributed by atoms with E-state index in [0.29, 0.717) is 12.8 Å². The minimum absolute atomic E-state index is 0.00672. The van der Waals surface area contributed by atoms with Crippen molar-refractivity contribution in [3.8, 4) is 6.07 Å². The first kappa shape index (κ1) is 15.3. The summed E-state index contributed by atoms with van der Waals surface area (Å²) in [6.07, 6.45) is 3.63. The largest absolute Gasteiger partial charge is 0.294 e. The lowest BCUT2D eigenvalue weighted by molar-refractivity contribution is 0.0890. The maximum Gasteiger partial charge on any atom is 0.169 e. The molecule has 0 N–H and O–H groups in total. The molecule has 0 amide bonds. The van der Waals surface area contributed by atoms with Crippen LogP contribution in [-0.4, -0.2) is 20.5 Å². The van der Waals surface area contributed by atoms with Gasteiger partial charge in [-0.2, -0.15) is 5.26 Å². The number of hydrogen-bond acceptors (Lipinski definition) is 3. The molecule has 0 saturated carbocycles. The highest BCUT2D eigenvalue weighted by Crippen LogP contribution is 2.38. The topological polar surface area (TPSA) is 57.9 Å². The number of benzene rings is 1. The normalized spacial score (nSPS) is 30.6. The molecule has 0 spiro atoms. The van der Waals surface area contributed by atoms with Crippen LogP contribution < -0.4 is 0 Å². The molecule has 2 heterocycles. The standard InChI is InChI=1S/C16H15F2NO2S/c17-14-7-13(15(18)6-10(14)8-19)16(20)9-4-11-2-1-3-12(5-9)22(11)21/h6-7,9,11-12H,1-5H2. The van der Waals surface area contributed by atoms with Crippen LogP contribution in [0.3, 0.4) is 0 Å². The molecule has 2 fully saturated rings. The number of halogens is 2. The molecule has 2 atom stereocenters. The molecule has 3 rings (SSSR count). The Morgan fingerprint density at radius 3 is 2.41 bits per heavy atom. The van der Waals surface area contributed by atoms with E-state index in [9.17, 15) is 17.8 Å². The summed E-state index contributed by atoms with van der Waals surface area (Å²) in [5, 5.41) is 8.67. The Morgan fingerprint density at radius 2 is 1.82 bits per heavy atom. The van der Waals surface area contributed by atoms with Crippen molar-refractivity contribution in [1.82, 2.24) is 0 Å². The SMILES string of the molecule is N#Cc1cc(F)c(C(=O)C2CC3CCCC(C2)S3=O)cc1F. The summed E-state index contributed by atoms with van der Waals surface area (Å²) < 4.78 is 39.8. The van der Waals surface area contributed by atoms with Crippen LogP contribution in [0.1, 0.15) is 48.0 Å². The minimum atomic E-state index is -0.908. The van der Waals surface area contributed by atoms with Crippen LogP contribution in [-0.2, 0) is 10.8 Å². The van der Waals surface area contributed by atoms with Gasteiger partial charge < -0.3 is 0 Å². The minimum Gasteiger partial charge on any atom is -0.294 e. The van der Waals surface area contributed by atoms with Gasteiger partial charge in [-0.05, 0) is 37.8 Å². The van der Waals surface area contributed by atoms with Crippen molar-refractivity contribution in [2.24, 2.45) is 5.92 Å². The van der Waals surface area contributed by atoms with Crippen LogP contribution in [0.5, 0.6) is 0 Å². The summed E-state index contributed by atoms with van der Waals surface area (Å²) in [6, 6.07) is 3.14. The van der Waals surface area contributed by atoms with E-state index in [-0.39, 0.29) is 16.1 Å². The summed E-state index contributed by atoms with van der Waals surface area (Å²) in [5.41, 5.74) is -0.706. The van der Waals surface area contributed by atoms with Crippen molar-refractivity contribution < 1.29 is 17.8 Å². The molecular formula is C16H15F2NO2S. The van der Waals surface area contributed by atoms with E-state index in [2.05, 4.69) is 0 Å². The molecule has 2 bridgehead atoms. The number of carbonyl (C=O) groups excluding carboxylic acids is 1. The van der Waals surface area contributed by atoms with Crippen LogP contribution in [0, 0.1) is 28.9 Å². The number of nitrogens with zero attached hydrogens (tertiary/aromatic N) is 1. The summed E-state index contributed by atoms with van der Waals surface area (Å²) in [6.45, 7) is 0. The van der Waals surface area contributed by atoms with Crippen molar-refractivity contribution in [3.05, 3.63) is 34.9 Å². The van der Waals surface area contributed by atoms with Crippen molar-refractivity contribution in [2.45, 2.75) is 42.6 Å². The maximum absolute atomic E-state index is 14.0. The summed E-state index contributed by atoms with van der Waals surface area (Å²) >= 11 is 0. The van der Waals surface area contributed by atoms with Gasteiger partial charge in [0.1, 0.15) is 17.7 Å². The molecular weight excluding hydrogens is 308 g/mol. The summed E-state index contributed by atoms with van der Waals surface area (Å²) in [5.74, 6) is -2.59. The van der Waals surface area contributed by atoms with Gasteiger partial charge in [-0.25, -0.2) is 8.78 Å². The molecule has 2 aliphatic heterocycles. The number of Topliss-reactive ketones (excluding diaryl/α,β-unsaturated/α-hetero) is 1. The second-order valence-electron chi connectivity index (χ2n) is 5.96. The van der Waals surface area contributed by atoms with Crippen LogP contribution in [0.15, 0.2) is 12.1 Å². The van der Waals surface area contributed by atoms with E-state index in [1.807, 2.05) is 0 Å². The van der Waals surface area contributed by atoms with Gasteiger partial charge in [0.2, 0.25) is 0 Å². The highest BCUT2D eigenvalue weighted by atomic mass is 32.2. The first-order valence-corrected chi connectivity index (χ1v) is 8.61. The average Bonchev–Trinajstić information content (AvgIpc) is 2.48. The maximum atomic E-state index is 14.0. The highest BCUT2D eigenvalue weighted by molar-refractivity contribution is 7.86. The second-order valence-corrected chi connectivity index (χ2v) is 7.95. The van der Waals surface area contributed by atoms with Gasteiger partial charge in [0, 0.05) is 27.2 Å². The quantitative estimate of drug-likeness (QED) is 0.786. The fraction of sp³-hybridized carbons (Fsp3) is 0.500. The Morgan fingerprint density at radius 1 is 1.18 bits per heavy atom. The zero-order valence-electron chi connectivity index (χ0n) is 11.9. The summed E-state index contributed by atoms with van der Waals surface area (Å²) in [7, 11) is -0.908. The van der Waals surface area contributed by atoms with E-state index in [1.165, 1.54) is 0 Å². The van der Waals surface area contributed by atoms with E-state index >= 15 is 0 Å². The molecule has 3 nitrogen and oxygen atoms in total. The average molecular weight is 323 g/mol. The monoisotopic (exact) mass is 323 g/mol. The summed E-state index contributed by atoms with van der Waals surface area (Å²) in [4.78, 5) is 12.5. The van der Waals surface area contributed by atoms with E-state index < -0.39 is 39.7 Å². The van der Waals surface area contributed by atoms with Gasteiger partial charge in [0.15, 0.2) is 5.78 Å². The number of hydrogen-bond donors (Lipinski definition) is 0. The van der Waals surface area contributed by atoms with Crippen molar-refractivity contribution >= 4 is 16.6 Å². The fourth-order valence-corrected chi connectivity index (χ4v) is 5.68. The predicted octanol–water partition coefficient (Wildman–Crippen LogP) is 3.10. The molecule has 1 aromatic rings. The zero-order chi connectivity index (χ0) is 15.9. The smallest absolute Gasteiger partial charge is 0.169 e. The lowest BCUT2D eigenvalue weighted by atomic mass is 9.84.